The minimum atomic E-state index is 0.0549. The Morgan fingerprint density at radius 2 is 1.34 bits per heavy atom. The molecule has 32 heavy (non-hydrogen) atoms. The van der Waals surface area contributed by atoms with E-state index in [-0.39, 0.29) is 5.91 Å². The summed E-state index contributed by atoms with van der Waals surface area (Å²) in [5.74, 6) is 8.00. The Labute approximate surface area is 189 Å². The lowest BCUT2D eigenvalue weighted by atomic mass is 10.1. The lowest BCUT2D eigenvalue weighted by molar-refractivity contribution is 0.0746. The van der Waals surface area contributed by atoms with Crippen molar-refractivity contribution in [1.82, 2.24) is 4.90 Å². The zero-order valence-electron chi connectivity index (χ0n) is 18.4. The second kappa shape index (κ2) is 9.93. The largest absolute Gasteiger partial charge is 0.497 e. The Kier molecular flexibility index (Phi) is 6.62. The number of nitrogens with zero attached hydrogens (tertiary/aromatic N) is 2. The van der Waals surface area contributed by atoms with E-state index < -0.39 is 0 Å². The average molecular weight is 427 g/mol. The molecule has 5 nitrogen and oxygen atoms in total. The van der Waals surface area contributed by atoms with Gasteiger partial charge in [-0.3, -0.25) is 4.79 Å². The van der Waals surface area contributed by atoms with E-state index in [0.29, 0.717) is 18.7 Å². The number of para-hydroxylation sites is 2. The number of ether oxygens (including phenoxy) is 2. The Hall–Kier alpha value is -3.91. The van der Waals surface area contributed by atoms with Crippen LogP contribution in [0.3, 0.4) is 0 Å². The van der Waals surface area contributed by atoms with Crippen molar-refractivity contribution in [3.8, 4) is 23.3 Å². The molecule has 4 rings (SSSR count). The number of piperazine rings is 1. The highest BCUT2D eigenvalue weighted by molar-refractivity contribution is 5.94. The summed E-state index contributed by atoms with van der Waals surface area (Å²) in [7, 11) is 3.33. The van der Waals surface area contributed by atoms with Gasteiger partial charge in [0.25, 0.3) is 5.91 Å². The van der Waals surface area contributed by atoms with Crippen LogP contribution in [-0.2, 0) is 0 Å². The summed E-state index contributed by atoms with van der Waals surface area (Å²) in [6.07, 6.45) is 0. The van der Waals surface area contributed by atoms with Crippen LogP contribution in [0.2, 0.25) is 0 Å². The third-order valence-electron chi connectivity index (χ3n) is 5.57. The van der Waals surface area contributed by atoms with Gasteiger partial charge >= 0.3 is 0 Å². The number of carbonyl (C=O) groups is 1. The molecule has 0 N–H and O–H groups in total. The van der Waals surface area contributed by atoms with E-state index >= 15 is 0 Å². The van der Waals surface area contributed by atoms with Crippen molar-refractivity contribution in [3.05, 3.63) is 89.5 Å². The fourth-order valence-electron chi connectivity index (χ4n) is 3.74. The van der Waals surface area contributed by atoms with Gasteiger partial charge < -0.3 is 19.3 Å². The Bertz CT molecular complexity index is 1120. The topological polar surface area (TPSA) is 42.0 Å². The number of benzene rings is 3. The molecule has 0 aliphatic carbocycles. The minimum absolute atomic E-state index is 0.0549. The first kappa shape index (κ1) is 21.3. The maximum atomic E-state index is 13.0. The van der Waals surface area contributed by atoms with E-state index in [0.717, 1.165) is 41.4 Å². The molecule has 0 spiro atoms. The van der Waals surface area contributed by atoms with Gasteiger partial charge in [0.15, 0.2) is 0 Å². The second-order valence-electron chi connectivity index (χ2n) is 7.51. The van der Waals surface area contributed by atoms with Gasteiger partial charge in [-0.15, -0.1) is 0 Å². The summed E-state index contributed by atoms with van der Waals surface area (Å²) < 4.78 is 10.6. The number of carbonyl (C=O) groups excluding carboxylic acids is 1. The smallest absolute Gasteiger partial charge is 0.253 e. The Morgan fingerprint density at radius 3 is 1.94 bits per heavy atom. The first-order chi connectivity index (χ1) is 15.7. The molecule has 1 aliphatic heterocycles. The first-order valence-electron chi connectivity index (χ1n) is 10.6. The molecule has 1 heterocycles. The third-order valence-corrected chi connectivity index (χ3v) is 5.57. The molecule has 0 aromatic heterocycles. The Balaban J connectivity index is 1.37. The molecule has 1 aliphatic rings. The standard InChI is InChI=1S/C27H26N2O3/c1-31-24-15-11-22(12-16-24)8-7-21-9-13-23(14-10-21)27(30)29-19-17-28(18-20-29)25-5-3-4-6-26(25)32-2/h3-6,9-16H,17-20H2,1-2H3. The maximum absolute atomic E-state index is 13.0. The predicted octanol–water partition coefficient (Wildman–Crippen LogP) is 4.07. The van der Waals surface area contributed by atoms with E-state index in [2.05, 4.69) is 22.8 Å². The number of amides is 1. The van der Waals surface area contributed by atoms with Gasteiger partial charge in [-0.2, -0.15) is 0 Å². The summed E-state index contributed by atoms with van der Waals surface area (Å²) in [6, 6.07) is 23.1. The van der Waals surface area contributed by atoms with Crippen molar-refractivity contribution in [3.63, 3.8) is 0 Å². The molecule has 0 atom stereocenters. The van der Waals surface area contributed by atoms with Crippen LogP contribution in [0.4, 0.5) is 5.69 Å². The van der Waals surface area contributed by atoms with Crippen molar-refractivity contribution in [2.45, 2.75) is 0 Å². The number of hydrogen-bond acceptors (Lipinski definition) is 4. The lowest BCUT2D eigenvalue weighted by Crippen LogP contribution is -2.48. The van der Waals surface area contributed by atoms with Gasteiger partial charge in [0.2, 0.25) is 0 Å². The van der Waals surface area contributed by atoms with E-state index in [1.165, 1.54) is 0 Å². The van der Waals surface area contributed by atoms with E-state index in [1.54, 1.807) is 14.2 Å². The monoisotopic (exact) mass is 426 g/mol. The molecule has 1 amide bonds. The summed E-state index contributed by atoms with van der Waals surface area (Å²) >= 11 is 0. The highest BCUT2D eigenvalue weighted by atomic mass is 16.5. The van der Waals surface area contributed by atoms with Crippen LogP contribution in [0.1, 0.15) is 21.5 Å². The van der Waals surface area contributed by atoms with Gasteiger partial charge in [0.1, 0.15) is 11.5 Å². The van der Waals surface area contributed by atoms with Gasteiger partial charge in [0, 0.05) is 42.9 Å². The van der Waals surface area contributed by atoms with Crippen LogP contribution in [0.25, 0.3) is 0 Å². The SMILES string of the molecule is COc1ccc(C#Cc2ccc(C(=O)N3CCN(c4ccccc4OC)CC3)cc2)cc1. The van der Waals surface area contributed by atoms with Crippen molar-refractivity contribution >= 4 is 11.6 Å². The fraction of sp³-hybridized carbons (Fsp3) is 0.222. The van der Waals surface area contributed by atoms with Crippen LogP contribution in [0.15, 0.2) is 72.8 Å². The number of hydrogen-bond donors (Lipinski definition) is 0. The summed E-state index contributed by atoms with van der Waals surface area (Å²) in [5.41, 5.74) is 3.55. The van der Waals surface area contributed by atoms with Crippen molar-refractivity contribution < 1.29 is 14.3 Å². The third kappa shape index (κ3) is 4.87. The highest BCUT2D eigenvalue weighted by Crippen LogP contribution is 2.28. The molecule has 5 heteroatoms. The minimum Gasteiger partial charge on any atom is -0.497 e. The maximum Gasteiger partial charge on any atom is 0.253 e. The second-order valence-corrected chi connectivity index (χ2v) is 7.51. The van der Waals surface area contributed by atoms with Crippen LogP contribution in [0.5, 0.6) is 11.5 Å². The predicted molar refractivity (Wildman–Crippen MR) is 127 cm³/mol. The van der Waals surface area contributed by atoms with Gasteiger partial charge in [0.05, 0.1) is 19.9 Å². The summed E-state index contributed by atoms with van der Waals surface area (Å²) in [6.45, 7) is 2.90. The first-order valence-corrected chi connectivity index (χ1v) is 10.6. The normalized spacial score (nSPS) is 13.2. The molecule has 162 valence electrons. The van der Waals surface area contributed by atoms with Gasteiger partial charge in [-0.05, 0) is 60.7 Å². The van der Waals surface area contributed by atoms with Crippen LogP contribution < -0.4 is 14.4 Å². The zero-order valence-corrected chi connectivity index (χ0v) is 18.4. The lowest BCUT2D eigenvalue weighted by Gasteiger charge is -2.36. The number of anilines is 1. The molecule has 1 saturated heterocycles. The number of rotatable bonds is 4. The molecular weight excluding hydrogens is 400 g/mol. The average Bonchev–Trinajstić information content (AvgIpc) is 2.87. The van der Waals surface area contributed by atoms with Crippen LogP contribution >= 0.6 is 0 Å². The molecule has 0 saturated carbocycles. The van der Waals surface area contributed by atoms with Crippen LogP contribution in [-0.4, -0.2) is 51.2 Å². The van der Waals surface area contributed by atoms with Gasteiger partial charge in [-0.1, -0.05) is 24.0 Å². The quantitative estimate of drug-likeness (QED) is 0.590. The number of methoxy groups -OCH3 is 2. The fourth-order valence-corrected chi connectivity index (χ4v) is 3.74. The summed E-state index contributed by atoms with van der Waals surface area (Å²) in [5, 5.41) is 0. The molecule has 3 aromatic carbocycles. The zero-order chi connectivity index (χ0) is 22.3. The van der Waals surface area contributed by atoms with Crippen LogP contribution in [0, 0.1) is 11.8 Å². The van der Waals surface area contributed by atoms with Gasteiger partial charge in [-0.25, -0.2) is 0 Å². The highest BCUT2D eigenvalue weighted by Gasteiger charge is 2.23. The van der Waals surface area contributed by atoms with Crippen molar-refractivity contribution in [2.24, 2.45) is 0 Å². The summed E-state index contributed by atoms with van der Waals surface area (Å²) in [4.78, 5) is 17.1. The van der Waals surface area contributed by atoms with E-state index in [9.17, 15) is 4.79 Å². The molecule has 0 bridgehead atoms. The molecule has 1 fully saturated rings. The van der Waals surface area contributed by atoms with Crippen molar-refractivity contribution in [2.75, 3.05) is 45.3 Å². The van der Waals surface area contributed by atoms with Crippen molar-refractivity contribution in [1.29, 1.82) is 0 Å². The van der Waals surface area contributed by atoms with E-state index in [4.69, 9.17) is 9.47 Å². The van der Waals surface area contributed by atoms with E-state index in [1.807, 2.05) is 71.6 Å². The molecule has 0 radical (unpaired) electrons. The molecular formula is C27H26N2O3. The Morgan fingerprint density at radius 1 is 0.750 bits per heavy atom. The molecule has 0 unspecified atom stereocenters. The molecule has 3 aromatic rings.